The van der Waals surface area contributed by atoms with Crippen LogP contribution < -0.4 is 29.6 Å². The molecule has 0 fully saturated rings. The minimum atomic E-state index is -3.91. The Morgan fingerprint density at radius 2 is 1.37 bits per heavy atom. The Kier molecular flexibility index (Phi) is 22.6. The summed E-state index contributed by atoms with van der Waals surface area (Å²) in [6.45, 7) is 1.70. The van der Waals surface area contributed by atoms with Gasteiger partial charge in [-0.1, -0.05) is 70.4 Å². The molecule has 0 aromatic carbocycles. The van der Waals surface area contributed by atoms with Crippen molar-refractivity contribution in [2.24, 2.45) is 0 Å². The summed E-state index contributed by atoms with van der Waals surface area (Å²) in [5.74, 6) is -1.26. The predicted molar refractivity (Wildman–Crippen MR) is 108 cm³/mol. The van der Waals surface area contributed by atoms with Gasteiger partial charge < -0.3 is 10.7 Å². The van der Waals surface area contributed by atoms with Crippen LogP contribution in [0.4, 0.5) is 0 Å². The number of carbonyl (C=O) groups excluding carboxylic acids is 1. The molecule has 0 aliphatic carbocycles. The maximum atomic E-state index is 11.4. The number of rotatable bonds is 18. The normalized spacial score (nSPS) is 11.5. The second kappa shape index (κ2) is 20.8. The van der Waals surface area contributed by atoms with Crippen LogP contribution in [-0.4, -0.2) is 31.9 Å². The molecule has 0 aromatic heterocycles. The topological polar surface area (TPSA) is 80.7 Å². The second-order valence-electron chi connectivity index (χ2n) is 6.78. The molecule has 0 unspecified atom stereocenters. The Morgan fingerprint density at radius 3 is 1.89 bits per heavy atom. The summed E-state index contributed by atoms with van der Waals surface area (Å²) in [5, 5.41) is 8.56. The van der Waals surface area contributed by atoms with Crippen molar-refractivity contribution in [2.45, 2.75) is 96.8 Å². The van der Waals surface area contributed by atoms with Crippen LogP contribution in [0.3, 0.4) is 0 Å². The van der Waals surface area contributed by atoms with Gasteiger partial charge in [0.1, 0.15) is 5.75 Å². The van der Waals surface area contributed by atoms with Crippen LogP contribution in [0.2, 0.25) is 0 Å². The molecule has 156 valence electrons. The van der Waals surface area contributed by atoms with Crippen LogP contribution in [0.1, 0.15) is 98.2 Å². The van der Waals surface area contributed by atoms with E-state index in [0.717, 1.165) is 32.1 Å². The van der Waals surface area contributed by atoms with Gasteiger partial charge in [0, 0.05) is 6.42 Å². The minimum absolute atomic E-state index is 0. The molecule has 0 bridgehead atoms. The molecule has 0 atom stereocenters. The smallest absolute Gasteiger partial charge is 1.00 e. The number of unbranched alkanes of at least 4 members (excludes halogenated alkanes) is 11. The van der Waals surface area contributed by atoms with Crippen molar-refractivity contribution in [3.8, 4) is 0 Å². The Bertz CT molecular complexity index is 469. The van der Waals surface area contributed by atoms with Crippen LogP contribution in [0, 0.1) is 0 Å². The molecule has 27 heavy (non-hydrogen) atoms. The summed E-state index contributed by atoms with van der Waals surface area (Å²) in [6, 6.07) is 0. The van der Waals surface area contributed by atoms with Crippen LogP contribution in [0.25, 0.3) is 0 Å². The molecule has 0 heterocycles. The number of aliphatic hydroxyl groups is 1. The third-order valence-corrected chi connectivity index (χ3v) is 5.33. The fourth-order valence-electron chi connectivity index (χ4n) is 2.68. The maximum Gasteiger partial charge on any atom is 1.00 e. The van der Waals surface area contributed by atoms with Gasteiger partial charge in [-0.2, -0.15) is 8.42 Å². The van der Waals surface area contributed by atoms with Crippen LogP contribution >= 0.6 is 0 Å². The van der Waals surface area contributed by atoms with Gasteiger partial charge in [0.15, 0.2) is 0 Å². The van der Waals surface area contributed by atoms with E-state index in [4.69, 9.17) is 5.11 Å². The van der Waals surface area contributed by atoms with Gasteiger partial charge in [0.2, 0.25) is 0 Å². The third-order valence-electron chi connectivity index (χ3n) is 4.20. The van der Waals surface area contributed by atoms with E-state index in [0.29, 0.717) is 6.42 Å². The number of hydrogen-bond donors (Lipinski definition) is 1. The second-order valence-corrected chi connectivity index (χ2v) is 8.47. The van der Waals surface area contributed by atoms with E-state index in [2.05, 4.69) is 23.3 Å². The minimum Gasteiger partial charge on any atom is -1.00 e. The molecule has 0 saturated heterocycles. The van der Waals surface area contributed by atoms with Gasteiger partial charge in [-0.3, -0.25) is 4.79 Å². The zero-order valence-corrected chi connectivity index (χ0v) is 20.3. The first-order valence-electron chi connectivity index (χ1n) is 10.2. The van der Waals surface area contributed by atoms with E-state index in [9.17, 15) is 13.2 Å². The molecule has 0 aliphatic rings. The Labute approximate surface area is 190 Å². The van der Waals surface area contributed by atoms with Gasteiger partial charge in [0.25, 0.3) is 0 Å². The average Bonchev–Trinajstić information content (AvgIpc) is 2.57. The number of allylic oxidation sites excluding steroid dienone is 2. The van der Waals surface area contributed by atoms with Crippen molar-refractivity contribution < 1.29 is 53.5 Å². The molecule has 0 radical (unpaired) electrons. The number of hydrogen-bond acceptors (Lipinski definition) is 5. The molecular formula is C20H39NaO5S. The molecular weight excluding hydrogens is 375 g/mol. The fourth-order valence-corrected chi connectivity index (χ4v) is 3.35. The van der Waals surface area contributed by atoms with E-state index in [1.807, 2.05) is 0 Å². The molecule has 5 nitrogen and oxygen atoms in total. The predicted octanol–water partition coefficient (Wildman–Crippen LogP) is 2.01. The molecule has 7 heteroatoms. The molecule has 0 spiro atoms. The van der Waals surface area contributed by atoms with Gasteiger partial charge in [-0.05, 0) is 32.1 Å². The summed E-state index contributed by atoms with van der Waals surface area (Å²) < 4.78 is 26.7. The molecule has 0 saturated carbocycles. The van der Waals surface area contributed by atoms with Gasteiger partial charge >= 0.3 is 45.6 Å². The summed E-state index contributed by atoms with van der Waals surface area (Å²) >= 11 is 0. The Hall–Kier alpha value is 0.120. The molecule has 0 amide bonds. The zero-order chi connectivity index (χ0) is 19.5. The zero-order valence-electron chi connectivity index (χ0n) is 18.5. The van der Waals surface area contributed by atoms with Crippen LogP contribution in [0.5, 0.6) is 0 Å². The van der Waals surface area contributed by atoms with Crippen LogP contribution in [-0.2, 0) is 19.1 Å². The van der Waals surface area contributed by atoms with Gasteiger partial charge in [0.05, 0.1) is 6.61 Å². The Morgan fingerprint density at radius 1 is 0.889 bits per heavy atom. The van der Waals surface area contributed by atoms with E-state index in [-0.39, 0.29) is 37.4 Å². The first-order valence-corrected chi connectivity index (χ1v) is 11.8. The van der Waals surface area contributed by atoms with Crippen molar-refractivity contribution in [2.75, 3.05) is 12.4 Å². The Balaban J connectivity index is -0.00000312. The van der Waals surface area contributed by atoms with Crippen molar-refractivity contribution in [1.29, 1.82) is 0 Å². The first kappa shape index (κ1) is 29.3. The summed E-state index contributed by atoms with van der Waals surface area (Å²) in [7, 11) is -3.91. The maximum absolute atomic E-state index is 11.4. The van der Waals surface area contributed by atoms with E-state index in [1.165, 1.54) is 44.9 Å². The molecule has 0 aromatic rings. The number of aliphatic hydroxyl groups excluding tert-OH is 1. The first-order chi connectivity index (χ1) is 12.5. The third kappa shape index (κ3) is 22.3. The molecule has 0 aliphatic heterocycles. The number of carbonyl (C=O) groups is 1. The molecule has 0 rings (SSSR count). The van der Waals surface area contributed by atoms with E-state index >= 15 is 0 Å². The van der Waals surface area contributed by atoms with Crippen molar-refractivity contribution >= 4 is 16.1 Å². The van der Waals surface area contributed by atoms with Gasteiger partial charge in [-0.25, -0.2) is 0 Å². The van der Waals surface area contributed by atoms with Crippen molar-refractivity contribution in [1.82, 2.24) is 0 Å². The summed E-state index contributed by atoms with van der Waals surface area (Å²) in [4.78, 5) is 11.4. The summed E-state index contributed by atoms with van der Waals surface area (Å²) in [6.07, 6.45) is 19.9. The SMILES string of the molecule is CCCCCCCC/C=C\CCCCCCCC(=O)OS(=O)(=O)CCO.[H-].[Na+]. The fraction of sp³-hybridized carbons (Fsp3) is 0.850. The van der Waals surface area contributed by atoms with Crippen LogP contribution in [0.15, 0.2) is 12.2 Å². The monoisotopic (exact) mass is 414 g/mol. The quantitative estimate of drug-likeness (QED) is 0.161. The molecule has 1 N–H and O–H groups in total. The van der Waals surface area contributed by atoms with E-state index < -0.39 is 28.4 Å². The standard InChI is InChI=1S/C20H38O5S.Na.H/c1-2-3-4-5-6-7-8-9-10-11-12-13-14-15-16-17-20(22)25-26(23,24)19-18-21;;/h9-10,21H,2-8,11-19H2,1H3;;/q;+1;-1/b10-9-;;. The van der Waals surface area contributed by atoms with Crippen molar-refractivity contribution in [3.63, 3.8) is 0 Å². The van der Waals surface area contributed by atoms with Crippen molar-refractivity contribution in [3.05, 3.63) is 12.2 Å². The largest absolute Gasteiger partial charge is 1.00 e. The van der Waals surface area contributed by atoms with E-state index in [1.54, 1.807) is 0 Å². The van der Waals surface area contributed by atoms with Gasteiger partial charge in [-0.15, -0.1) is 0 Å². The average molecular weight is 415 g/mol. The summed E-state index contributed by atoms with van der Waals surface area (Å²) in [5.41, 5.74) is 0.